The Kier molecular flexibility index (Phi) is 9.27. The second kappa shape index (κ2) is 12.3. The van der Waals surface area contributed by atoms with E-state index in [1.807, 2.05) is 0 Å². The van der Waals surface area contributed by atoms with Crippen LogP contribution in [0.5, 0.6) is 0 Å². The van der Waals surface area contributed by atoms with E-state index < -0.39 is 20.0 Å². The van der Waals surface area contributed by atoms with Gasteiger partial charge in [0.05, 0.1) is 0 Å². The summed E-state index contributed by atoms with van der Waals surface area (Å²) < 4.78 is 5.93. The molecule has 1 heterocycles. The minimum absolute atomic E-state index is 0.279. The molecule has 210 valence electrons. The van der Waals surface area contributed by atoms with Crippen molar-refractivity contribution in [2.45, 2.75) is 128 Å². The van der Waals surface area contributed by atoms with Crippen molar-refractivity contribution in [2.24, 2.45) is 5.41 Å². The van der Waals surface area contributed by atoms with Gasteiger partial charge in [-0.25, -0.2) is 0 Å². The molecule has 1 fully saturated rings. The number of unbranched alkanes of at least 4 members (excludes halogenated alkanes) is 3. The summed E-state index contributed by atoms with van der Waals surface area (Å²) in [6.07, 6.45) is 18.0. The molecular formula is C38H54Hf. The van der Waals surface area contributed by atoms with E-state index in [1.54, 1.807) is 51.5 Å². The van der Waals surface area contributed by atoms with Gasteiger partial charge in [0.2, 0.25) is 0 Å². The molecule has 0 bridgehead atoms. The van der Waals surface area contributed by atoms with Gasteiger partial charge in [-0.3, -0.25) is 0 Å². The number of fused-ring (bicyclic) bond motifs is 3. The number of allylic oxidation sites excluding steroid dienone is 4. The Labute approximate surface area is 245 Å². The third-order valence-electron chi connectivity index (χ3n) is 10.9. The van der Waals surface area contributed by atoms with Crippen LogP contribution in [0, 0.1) is 5.41 Å². The average Bonchev–Trinajstić information content (AvgIpc) is 3.23. The first-order chi connectivity index (χ1) is 18.9. The quantitative estimate of drug-likeness (QED) is 0.173. The zero-order valence-corrected chi connectivity index (χ0v) is 29.6. The van der Waals surface area contributed by atoms with E-state index in [0.717, 1.165) is 3.67 Å². The van der Waals surface area contributed by atoms with Gasteiger partial charge >= 0.3 is 246 Å². The van der Waals surface area contributed by atoms with Crippen molar-refractivity contribution >= 4 is 0 Å². The third-order valence-corrected chi connectivity index (χ3v) is 32.1. The number of benzene rings is 2. The Morgan fingerprint density at radius 2 is 1.38 bits per heavy atom. The van der Waals surface area contributed by atoms with Crippen molar-refractivity contribution in [3.8, 4) is 11.1 Å². The number of aryl methyl sites for hydroxylation is 2. The predicted octanol–water partition coefficient (Wildman–Crippen LogP) is 12.2. The molecule has 39 heavy (non-hydrogen) atoms. The second-order valence-electron chi connectivity index (χ2n) is 13.6. The summed E-state index contributed by atoms with van der Waals surface area (Å²) in [5.74, 6) is 0.521. The topological polar surface area (TPSA) is 0 Å². The van der Waals surface area contributed by atoms with Crippen LogP contribution in [0.15, 0.2) is 59.7 Å². The molecule has 5 rings (SSSR count). The fraction of sp³-hybridized carbons (Fsp3) is 0.579. The Balaban J connectivity index is 1.69. The van der Waals surface area contributed by atoms with Crippen LogP contribution >= 0.6 is 0 Å². The van der Waals surface area contributed by atoms with Gasteiger partial charge in [0.1, 0.15) is 0 Å². The molecule has 2 aromatic rings. The van der Waals surface area contributed by atoms with Crippen LogP contribution in [0.2, 0.25) is 16.2 Å². The van der Waals surface area contributed by atoms with Crippen molar-refractivity contribution in [2.75, 3.05) is 0 Å². The maximum atomic E-state index is 2.67. The molecular weight excluding hydrogens is 635 g/mol. The van der Waals surface area contributed by atoms with Crippen LogP contribution in [-0.4, -0.2) is 0 Å². The van der Waals surface area contributed by atoms with Gasteiger partial charge in [-0.1, -0.05) is 0 Å². The molecule has 0 amide bonds. The monoisotopic (exact) mass is 690 g/mol. The first-order valence-corrected chi connectivity index (χ1v) is 26.2. The van der Waals surface area contributed by atoms with Crippen LogP contribution < -0.4 is 0 Å². The maximum absolute atomic E-state index is 2.67. The molecule has 0 saturated carbocycles. The summed E-state index contributed by atoms with van der Waals surface area (Å²) in [6.45, 7) is 14.6. The fourth-order valence-corrected chi connectivity index (χ4v) is 36.5. The summed E-state index contributed by atoms with van der Waals surface area (Å²) in [7, 11) is 0. The van der Waals surface area contributed by atoms with Crippen LogP contribution in [-0.2, 0) is 32.8 Å². The summed E-state index contributed by atoms with van der Waals surface area (Å²) in [4.78, 5) is 0. The van der Waals surface area contributed by atoms with Gasteiger partial charge < -0.3 is 0 Å². The molecule has 1 aliphatic heterocycles. The van der Waals surface area contributed by atoms with E-state index in [4.69, 9.17) is 0 Å². The fourth-order valence-electron chi connectivity index (χ4n) is 8.39. The van der Waals surface area contributed by atoms with E-state index in [2.05, 4.69) is 90.1 Å². The van der Waals surface area contributed by atoms with Gasteiger partial charge in [-0.15, -0.1) is 0 Å². The number of rotatable bonds is 14. The molecule has 0 nitrogen and oxygen atoms in total. The summed E-state index contributed by atoms with van der Waals surface area (Å²) >= 11 is -2.34. The molecule has 0 aromatic heterocycles. The summed E-state index contributed by atoms with van der Waals surface area (Å²) in [5.41, 5.74) is 13.1. The van der Waals surface area contributed by atoms with Crippen LogP contribution in [0.25, 0.3) is 11.1 Å². The van der Waals surface area contributed by atoms with E-state index in [9.17, 15) is 0 Å². The van der Waals surface area contributed by atoms with Crippen molar-refractivity contribution in [3.63, 3.8) is 0 Å². The molecule has 2 aliphatic carbocycles. The zero-order valence-electron chi connectivity index (χ0n) is 26.0. The Bertz CT molecular complexity index is 1170. The van der Waals surface area contributed by atoms with E-state index >= 15 is 0 Å². The van der Waals surface area contributed by atoms with E-state index in [-0.39, 0.29) is 5.41 Å². The summed E-state index contributed by atoms with van der Waals surface area (Å²) in [5, 5.41) is 0. The standard InChI is InChI=1S/C31H39.C4H9.C3H6.Hf/c1-6-9-11-23-14-17-26-27-18-15-24(12-10-7-2)21-29(27)30(28(26)20-23)31(5,8-3)25-16-13-22(4)19-25;1-3-4-2;1-3-2;/h13-15,17-21,30H,5-12,16H2,1-4H3;1,3-4H2,2H3;3H,1H2,2H3;. The Hall–Kier alpha value is -1.21. The molecule has 3 aliphatic rings. The van der Waals surface area contributed by atoms with Crippen molar-refractivity contribution in [1.29, 1.82) is 0 Å². The van der Waals surface area contributed by atoms with Crippen LogP contribution in [0.4, 0.5) is 0 Å². The van der Waals surface area contributed by atoms with Crippen LogP contribution in [0.1, 0.15) is 121 Å². The predicted molar refractivity (Wildman–Crippen MR) is 169 cm³/mol. The van der Waals surface area contributed by atoms with Crippen molar-refractivity contribution < 1.29 is 20.0 Å². The average molecular weight is 689 g/mol. The molecule has 2 aromatic carbocycles. The third kappa shape index (κ3) is 5.65. The molecule has 0 N–H and O–H groups in total. The van der Waals surface area contributed by atoms with Crippen LogP contribution in [0.3, 0.4) is 0 Å². The van der Waals surface area contributed by atoms with Crippen molar-refractivity contribution in [1.82, 2.24) is 0 Å². The van der Waals surface area contributed by atoms with E-state index in [1.165, 1.54) is 69.8 Å². The minimum atomic E-state index is -2.34. The van der Waals surface area contributed by atoms with Gasteiger partial charge in [0, 0.05) is 0 Å². The van der Waals surface area contributed by atoms with Gasteiger partial charge in [0.25, 0.3) is 0 Å². The molecule has 3 unspecified atom stereocenters. The molecule has 1 heteroatoms. The molecule has 1 saturated heterocycles. The first kappa shape index (κ1) is 29.3. The Morgan fingerprint density at radius 1 is 0.821 bits per heavy atom. The summed E-state index contributed by atoms with van der Waals surface area (Å²) in [6, 6.07) is 15.3. The second-order valence-corrected chi connectivity index (χ2v) is 31.4. The zero-order chi connectivity index (χ0) is 27.6. The Morgan fingerprint density at radius 3 is 1.82 bits per heavy atom. The molecule has 0 radical (unpaired) electrons. The van der Waals surface area contributed by atoms with Gasteiger partial charge in [-0.05, 0) is 0 Å². The molecule has 0 spiro atoms. The van der Waals surface area contributed by atoms with E-state index in [0.29, 0.717) is 5.92 Å². The van der Waals surface area contributed by atoms with Crippen molar-refractivity contribution in [3.05, 3.63) is 82.0 Å². The normalized spacial score (nSPS) is 23.3. The van der Waals surface area contributed by atoms with Gasteiger partial charge in [0.15, 0.2) is 0 Å². The van der Waals surface area contributed by atoms with Gasteiger partial charge in [-0.2, -0.15) is 0 Å². The molecule has 3 atom stereocenters. The number of hydrogen-bond donors (Lipinski definition) is 0. The SMILES string of the molecule is CCCCc1ccc2c(c1)C(C(CC)([CH2][Hf]1([CH2]CCC)[CH2][CH]1C)C1=CC(C)=CC1)c1cc(CCCC)ccc1-2. The first-order valence-electron chi connectivity index (χ1n) is 16.5. The number of hydrogen-bond acceptors (Lipinski definition) is 0.